The molecule has 3 nitrogen and oxygen atoms in total. The van der Waals surface area contributed by atoms with Crippen LogP contribution in [0.5, 0.6) is 0 Å². The molecule has 0 heterocycles. The average molecular weight is 340 g/mol. The van der Waals surface area contributed by atoms with Gasteiger partial charge in [0.05, 0.1) is 5.70 Å². The van der Waals surface area contributed by atoms with Gasteiger partial charge in [0.1, 0.15) is 17.5 Å². The van der Waals surface area contributed by atoms with Crippen LogP contribution in [-0.2, 0) is 11.2 Å². The number of allylic oxidation sites excluding steroid dienone is 4. The molecule has 132 valence electrons. The maximum absolute atomic E-state index is 13.5. The number of Topliss-reactive ketones (excluding diaryl/α,β-unsaturated/α-hetero) is 1. The van der Waals surface area contributed by atoms with Gasteiger partial charge in [-0.1, -0.05) is 19.1 Å². The van der Waals surface area contributed by atoms with Gasteiger partial charge in [0.2, 0.25) is 0 Å². The largest absolute Gasteiger partial charge is 0.396 e. The molecule has 1 unspecified atom stereocenters. The maximum Gasteiger partial charge on any atom is 0.181 e. The Bertz CT molecular complexity index is 604. The van der Waals surface area contributed by atoms with Crippen LogP contribution in [0.4, 0.5) is 13.2 Å². The molecule has 24 heavy (non-hydrogen) atoms. The average Bonchev–Trinajstić information content (AvgIpc) is 2.53. The quantitative estimate of drug-likeness (QED) is 0.536. The summed E-state index contributed by atoms with van der Waals surface area (Å²) in [5.41, 5.74) is 5.64. The number of hydrogen-bond acceptors (Lipinski definition) is 3. The van der Waals surface area contributed by atoms with Crippen molar-refractivity contribution in [3.8, 4) is 0 Å². The molecule has 0 fully saturated rings. The Labute approximate surface area is 140 Å². The van der Waals surface area contributed by atoms with E-state index in [4.69, 9.17) is 5.73 Å². The Morgan fingerprint density at radius 1 is 1.29 bits per heavy atom. The monoisotopic (exact) mass is 340 g/mol. The second-order valence-corrected chi connectivity index (χ2v) is 5.46. The lowest BCUT2D eigenvalue weighted by atomic mass is 9.95. The molecule has 3 N–H and O–H groups in total. The molecule has 0 aliphatic carbocycles. The van der Waals surface area contributed by atoms with E-state index in [1.165, 1.54) is 18.2 Å². The van der Waals surface area contributed by atoms with Crippen LogP contribution in [0.15, 0.2) is 36.1 Å². The number of benzene rings is 1. The lowest BCUT2D eigenvalue weighted by molar-refractivity contribution is -0.119. The fourth-order valence-electron chi connectivity index (χ4n) is 2.28. The van der Waals surface area contributed by atoms with Gasteiger partial charge < -0.3 is 11.1 Å². The lowest BCUT2D eigenvalue weighted by Crippen LogP contribution is -2.24. The minimum Gasteiger partial charge on any atom is -0.396 e. The zero-order chi connectivity index (χ0) is 18.1. The van der Waals surface area contributed by atoms with Crippen molar-refractivity contribution >= 4 is 5.78 Å². The van der Waals surface area contributed by atoms with Crippen LogP contribution < -0.4 is 11.1 Å². The van der Waals surface area contributed by atoms with Crippen molar-refractivity contribution in [1.29, 1.82) is 0 Å². The van der Waals surface area contributed by atoms with Crippen molar-refractivity contribution in [3.05, 3.63) is 59.1 Å². The smallest absolute Gasteiger partial charge is 0.181 e. The number of ketones is 1. The van der Waals surface area contributed by atoms with Crippen LogP contribution in [0.3, 0.4) is 0 Å². The number of nitrogens with two attached hydrogens (primary N) is 1. The first-order valence-electron chi connectivity index (χ1n) is 7.85. The van der Waals surface area contributed by atoms with Gasteiger partial charge in [0.15, 0.2) is 5.78 Å². The van der Waals surface area contributed by atoms with Crippen LogP contribution in [0.2, 0.25) is 0 Å². The molecule has 1 aromatic carbocycles. The van der Waals surface area contributed by atoms with Gasteiger partial charge in [0, 0.05) is 23.6 Å². The minimum absolute atomic E-state index is 0.0626. The van der Waals surface area contributed by atoms with E-state index in [-0.39, 0.29) is 29.4 Å². The Hall–Kier alpha value is -2.08. The first-order chi connectivity index (χ1) is 11.4. The van der Waals surface area contributed by atoms with E-state index in [0.29, 0.717) is 25.0 Å². The van der Waals surface area contributed by atoms with Gasteiger partial charge in [-0.25, -0.2) is 13.2 Å². The topological polar surface area (TPSA) is 55.1 Å². The molecule has 0 aromatic heterocycles. The second kappa shape index (κ2) is 9.93. The van der Waals surface area contributed by atoms with Gasteiger partial charge in [-0.15, -0.1) is 0 Å². The van der Waals surface area contributed by atoms with E-state index in [0.717, 1.165) is 6.54 Å². The molecule has 1 rings (SSSR count). The zero-order valence-corrected chi connectivity index (χ0v) is 13.9. The Morgan fingerprint density at radius 3 is 2.46 bits per heavy atom. The van der Waals surface area contributed by atoms with Crippen LogP contribution in [-0.4, -0.2) is 19.4 Å². The number of rotatable bonds is 9. The maximum atomic E-state index is 13.5. The lowest BCUT2D eigenvalue weighted by Gasteiger charge is -2.13. The molecule has 0 aliphatic heterocycles. The van der Waals surface area contributed by atoms with Gasteiger partial charge in [0.25, 0.3) is 0 Å². The Morgan fingerprint density at radius 2 is 1.92 bits per heavy atom. The van der Waals surface area contributed by atoms with Crippen LogP contribution >= 0.6 is 0 Å². The summed E-state index contributed by atoms with van der Waals surface area (Å²) in [6.07, 6.45) is 5.67. The summed E-state index contributed by atoms with van der Waals surface area (Å²) >= 11 is 0. The Balaban J connectivity index is 2.71. The third-order valence-corrected chi connectivity index (χ3v) is 3.73. The summed E-state index contributed by atoms with van der Waals surface area (Å²) in [5.74, 6) is -3.14. The second-order valence-electron chi connectivity index (χ2n) is 5.46. The fraction of sp³-hybridized carbons (Fsp3) is 0.389. The summed E-state index contributed by atoms with van der Waals surface area (Å²) in [6, 6.07) is 1.27. The van der Waals surface area contributed by atoms with Crippen molar-refractivity contribution in [2.45, 2.75) is 26.2 Å². The summed E-state index contributed by atoms with van der Waals surface area (Å²) < 4.78 is 39.8. The number of halogens is 3. The molecule has 0 amide bonds. The van der Waals surface area contributed by atoms with Gasteiger partial charge >= 0.3 is 0 Å². The van der Waals surface area contributed by atoms with E-state index in [1.807, 2.05) is 14.0 Å². The SMILES string of the molecule is CCC(CCNC)C(=O)/C(N)=C/C=C\Cc1c(F)cc(F)cc1F. The summed E-state index contributed by atoms with van der Waals surface area (Å²) in [6.45, 7) is 2.64. The number of nitrogens with one attached hydrogen (secondary N) is 1. The van der Waals surface area contributed by atoms with Crippen molar-refractivity contribution < 1.29 is 18.0 Å². The van der Waals surface area contributed by atoms with Gasteiger partial charge in [-0.2, -0.15) is 0 Å². The third-order valence-electron chi connectivity index (χ3n) is 3.73. The number of carbonyl (C=O) groups is 1. The first-order valence-corrected chi connectivity index (χ1v) is 7.85. The molecule has 0 bridgehead atoms. The highest BCUT2D eigenvalue weighted by Gasteiger charge is 2.17. The normalized spacial score (nSPS) is 13.5. The molecule has 0 saturated heterocycles. The number of hydrogen-bond donors (Lipinski definition) is 2. The van der Waals surface area contributed by atoms with E-state index in [2.05, 4.69) is 5.32 Å². The fourth-order valence-corrected chi connectivity index (χ4v) is 2.28. The molecular formula is C18H23F3N2O. The standard InChI is InChI=1S/C18H23F3N2O/c1-3-12(8-9-23-2)18(24)17(22)7-5-4-6-14-15(20)10-13(19)11-16(14)21/h4-5,7,10-12,23H,3,6,8-9,22H2,1-2H3/b5-4-,17-7-. The summed E-state index contributed by atoms with van der Waals surface area (Å²) in [5, 5.41) is 2.99. The minimum atomic E-state index is -0.959. The van der Waals surface area contributed by atoms with Crippen LogP contribution in [0.25, 0.3) is 0 Å². The van der Waals surface area contributed by atoms with Gasteiger partial charge in [-0.05, 0) is 38.9 Å². The van der Waals surface area contributed by atoms with Gasteiger partial charge in [-0.3, -0.25) is 4.79 Å². The van der Waals surface area contributed by atoms with E-state index in [9.17, 15) is 18.0 Å². The molecule has 0 aliphatic rings. The van der Waals surface area contributed by atoms with E-state index >= 15 is 0 Å². The van der Waals surface area contributed by atoms with Crippen molar-refractivity contribution in [2.24, 2.45) is 11.7 Å². The van der Waals surface area contributed by atoms with Crippen molar-refractivity contribution in [3.63, 3.8) is 0 Å². The highest BCUT2D eigenvalue weighted by molar-refractivity contribution is 5.96. The third kappa shape index (κ3) is 5.85. The van der Waals surface area contributed by atoms with E-state index in [1.54, 1.807) is 0 Å². The van der Waals surface area contributed by atoms with Crippen LogP contribution in [0, 0.1) is 23.4 Å². The highest BCUT2D eigenvalue weighted by atomic mass is 19.1. The van der Waals surface area contributed by atoms with Crippen molar-refractivity contribution in [2.75, 3.05) is 13.6 Å². The molecule has 0 saturated carbocycles. The molecule has 0 spiro atoms. The number of carbonyl (C=O) groups excluding carboxylic acids is 1. The van der Waals surface area contributed by atoms with Crippen LogP contribution in [0.1, 0.15) is 25.3 Å². The molecule has 6 heteroatoms. The predicted octanol–water partition coefficient (Wildman–Crippen LogP) is 3.25. The first kappa shape index (κ1) is 20.0. The molecular weight excluding hydrogens is 317 g/mol. The highest BCUT2D eigenvalue weighted by Crippen LogP contribution is 2.16. The summed E-state index contributed by atoms with van der Waals surface area (Å²) in [4.78, 5) is 12.2. The molecule has 1 atom stereocenters. The Kier molecular flexibility index (Phi) is 8.26. The summed E-state index contributed by atoms with van der Waals surface area (Å²) in [7, 11) is 1.81. The van der Waals surface area contributed by atoms with E-state index < -0.39 is 17.5 Å². The zero-order valence-electron chi connectivity index (χ0n) is 13.9. The molecule has 1 aromatic rings. The van der Waals surface area contributed by atoms with Crippen molar-refractivity contribution in [1.82, 2.24) is 5.32 Å². The molecule has 0 radical (unpaired) electrons. The predicted molar refractivity (Wildman–Crippen MR) is 88.8 cm³/mol.